The highest BCUT2D eigenvalue weighted by Crippen LogP contribution is 2.21. The van der Waals surface area contributed by atoms with E-state index in [9.17, 15) is 4.79 Å². The van der Waals surface area contributed by atoms with Crippen LogP contribution in [0.1, 0.15) is 59.3 Å². The van der Waals surface area contributed by atoms with Gasteiger partial charge in [0.15, 0.2) is 0 Å². The molecule has 3 heteroatoms. The first-order valence-electron chi connectivity index (χ1n) is 6.57. The van der Waals surface area contributed by atoms with E-state index < -0.39 is 11.8 Å². The van der Waals surface area contributed by atoms with E-state index in [0.29, 0.717) is 6.61 Å². The fourth-order valence-electron chi connectivity index (χ4n) is 1.61. The van der Waals surface area contributed by atoms with E-state index in [1.54, 1.807) is 13.0 Å². The molecule has 0 aromatic heterocycles. The molecule has 0 heterocycles. The zero-order chi connectivity index (χ0) is 13.1. The lowest BCUT2D eigenvalue weighted by Gasteiger charge is -2.25. The smallest absolute Gasteiger partial charge is 0.435 e. The van der Waals surface area contributed by atoms with Crippen molar-refractivity contribution in [1.29, 1.82) is 0 Å². The molecule has 1 atom stereocenters. The summed E-state index contributed by atoms with van der Waals surface area (Å²) in [6.07, 6.45) is 7.84. The summed E-state index contributed by atoms with van der Waals surface area (Å²) in [7, 11) is 0. The number of unbranched alkanes of at least 4 members (excludes halogenated alkanes) is 4. The maximum Gasteiger partial charge on any atom is 0.509 e. The largest absolute Gasteiger partial charge is 0.509 e. The molecule has 1 unspecified atom stereocenters. The van der Waals surface area contributed by atoms with Crippen LogP contribution in [0, 0.1) is 0 Å². The van der Waals surface area contributed by atoms with Crippen LogP contribution >= 0.6 is 0 Å². The molecule has 0 aliphatic carbocycles. The van der Waals surface area contributed by atoms with E-state index >= 15 is 0 Å². The van der Waals surface area contributed by atoms with Crippen LogP contribution in [0.5, 0.6) is 0 Å². The van der Waals surface area contributed by atoms with Gasteiger partial charge in [0, 0.05) is 0 Å². The molecule has 17 heavy (non-hydrogen) atoms. The molecule has 0 radical (unpaired) electrons. The van der Waals surface area contributed by atoms with E-state index in [-0.39, 0.29) is 0 Å². The molecule has 100 valence electrons. The van der Waals surface area contributed by atoms with Crippen molar-refractivity contribution in [2.45, 2.75) is 64.9 Å². The molecule has 0 spiro atoms. The Bertz CT molecular complexity index is 226. The zero-order valence-corrected chi connectivity index (χ0v) is 11.5. The molecule has 0 saturated carbocycles. The van der Waals surface area contributed by atoms with Crippen molar-refractivity contribution >= 4 is 6.16 Å². The van der Waals surface area contributed by atoms with Gasteiger partial charge in [-0.25, -0.2) is 4.79 Å². The van der Waals surface area contributed by atoms with Gasteiger partial charge in [0.2, 0.25) is 0 Å². The van der Waals surface area contributed by atoms with Gasteiger partial charge in [0.05, 0.1) is 6.61 Å². The molecule has 0 aliphatic heterocycles. The highest BCUT2D eigenvalue weighted by molar-refractivity contribution is 5.60. The average Bonchev–Trinajstić information content (AvgIpc) is 2.29. The molecule has 0 aliphatic rings. The fourth-order valence-corrected chi connectivity index (χ4v) is 1.61. The van der Waals surface area contributed by atoms with Crippen LogP contribution < -0.4 is 0 Å². The van der Waals surface area contributed by atoms with Crippen LogP contribution in [-0.2, 0) is 9.47 Å². The number of ether oxygens (including phenoxy) is 2. The lowest BCUT2D eigenvalue weighted by Crippen LogP contribution is -2.29. The lowest BCUT2D eigenvalue weighted by atomic mass is 9.97. The second kappa shape index (κ2) is 9.08. The third-order valence-corrected chi connectivity index (χ3v) is 2.79. The van der Waals surface area contributed by atoms with Crippen molar-refractivity contribution < 1.29 is 14.3 Å². The molecule has 0 N–H and O–H groups in total. The second-order valence-electron chi connectivity index (χ2n) is 4.47. The van der Waals surface area contributed by atoms with Crippen molar-refractivity contribution in [2.75, 3.05) is 6.61 Å². The summed E-state index contributed by atoms with van der Waals surface area (Å²) in [5, 5.41) is 0. The number of hydrogen-bond donors (Lipinski definition) is 0. The molecule has 0 rings (SSSR count). The molecule has 0 amide bonds. The predicted octanol–water partition coefficient (Wildman–Crippen LogP) is 4.46. The molecular formula is C14H26O3. The van der Waals surface area contributed by atoms with Gasteiger partial charge in [-0.05, 0) is 32.8 Å². The maximum atomic E-state index is 11.3. The van der Waals surface area contributed by atoms with Crippen molar-refractivity contribution in [1.82, 2.24) is 0 Å². The number of hydrogen-bond acceptors (Lipinski definition) is 3. The fraction of sp³-hybridized carbons (Fsp3) is 0.786. The normalized spacial score (nSPS) is 13.8. The first-order chi connectivity index (χ1) is 8.08. The highest BCUT2D eigenvalue weighted by atomic mass is 16.7. The maximum absolute atomic E-state index is 11.3. The van der Waals surface area contributed by atoms with Gasteiger partial charge in [-0.15, -0.1) is 0 Å². The summed E-state index contributed by atoms with van der Waals surface area (Å²) in [5.74, 6) is 0. The summed E-state index contributed by atoms with van der Waals surface area (Å²) in [5.41, 5.74) is -0.599. The molecule has 0 aromatic carbocycles. The van der Waals surface area contributed by atoms with Crippen LogP contribution in [0.3, 0.4) is 0 Å². The van der Waals surface area contributed by atoms with Gasteiger partial charge in [0.25, 0.3) is 0 Å². The summed E-state index contributed by atoms with van der Waals surface area (Å²) in [6.45, 7) is 9.89. The van der Waals surface area contributed by atoms with Crippen LogP contribution in [-0.4, -0.2) is 18.4 Å². The minimum Gasteiger partial charge on any atom is -0.435 e. The molecule has 0 aromatic rings. The molecule has 0 saturated heterocycles. The van der Waals surface area contributed by atoms with E-state index in [4.69, 9.17) is 9.47 Å². The van der Waals surface area contributed by atoms with Crippen molar-refractivity contribution in [2.24, 2.45) is 0 Å². The molecule has 0 bridgehead atoms. The second-order valence-corrected chi connectivity index (χ2v) is 4.47. The Morgan fingerprint density at radius 2 is 1.88 bits per heavy atom. The Kier molecular flexibility index (Phi) is 8.55. The Morgan fingerprint density at radius 3 is 2.41 bits per heavy atom. The van der Waals surface area contributed by atoms with E-state index in [2.05, 4.69) is 13.5 Å². The lowest BCUT2D eigenvalue weighted by molar-refractivity contribution is -0.00450. The number of rotatable bonds is 9. The highest BCUT2D eigenvalue weighted by Gasteiger charge is 2.25. The summed E-state index contributed by atoms with van der Waals surface area (Å²) < 4.78 is 10.0. The van der Waals surface area contributed by atoms with Crippen LogP contribution in [0.2, 0.25) is 0 Å². The minimum atomic E-state index is -0.608. The average molecular weight is 242 g/mol. The van der Waals surface area contributed by atoms with Crippen LogP contribution in [0.25, 0.3) is 0 Å². The predicted molar refractivity (Wildman–Crippen MR) is 70.1 cm³/mol. The van der Waals surface area contributed by atoms with Gasteiger partial charge in [0.1, 0.15) is 5.60 Å². The van der Waals surface area contributed by atoms with Crippen molar-refractivity contribution in [3.05, 3.63) is 12.7 Å². The molecule has 0 fully saturated rings. The van der Waals surface area contributed by atoms with Crippen LogP contribution in [0.4, 0.5) is 4.79 Å². The Balaban J connectivity index is 3.92. The number of carbonyl (C=O) groups excluding carboxylic acids is 1. The summed E-state index contributed by atoms with van der Waals surface area (Å²) >= 11 is 0. The Hall–Kier alpha value is -0.990. The standard InChI is InChI=1S/C14H26O3/c1-5-8-9-10-11-12-14(4,6-2)17-13(15)16-7-3/h6H,2,5,7-12H2,1,3-4H3. The summed E-state index contributed by atoms with van der Waals surface area (Å²) in [6, 6.07) is 0. The first-order valence-corrected chi connectivity index (χ1v) is 6.57. The number of carbonyl (C=O) groups is 1. The SMILES string of the molecule is C=CC(C)(CCCCCCC)OC(=O)OCC. The Labute approximate surface area is 105 Å². The minimum absolute atomic E-state index is 0.336. The third-order valence-electron chi connectivity index (χ3n) is 2.79. The molecular weight excluding hydrogens is 216 g/mol. The quantitative estimate of drug-likeness (QED) is 0.340. The Morgan fingerprint density at radius 1 is 1.24 bits per heavy atom. The first kappa shape index (κ1) is 16.0. The van der Waals surface area contributed by atoms with E-state index in [1.807, 2.05) is 6.92 Å². The topological polar surface area (TPSA) is 35.5 Å². The van der Waals surface area contributed by atoms with Gasteiger partial charge in [-0.1, -0.05) is 39.2 Å². The third kappa shape index (κ3) is 7.83. The zero-order valence-electron chi connectivity index (χ0n) is 11.5. The van der Waals surface area contributed by atoms with Gasteiger partial charge in [-0.2, -0.15) is 0 Å². The van der Waals surface area contributed by atoms with Crippen molar-refractivity contribution in [3.8, 4) is 0 Å². The van der Waals surface area contributed by atoms with Gasteiger partial charge >= 0.3 is 6.16 Å². The van der Waals surface area contributed by atoms with Gasteiger partial charge < -0.3 is 9.47 Å². The summed E-state index contributed by atoms with van der Waals surface area (Å²) in [4.78, 5) is 11.3. The van der Waals surface area contributed by atoms with Gasteiger partial charge in [-0.3, -0.25) is 0 Å². The van der Waals surface area contributed by atoms with Crippen molar-refractivity contribution in [3.63, 3.8) is 0 Å². The molecule has 3 nitrogen and oxygen atoms in total. The van der Waals surface area contributed by atoms with E-state index in [0.717, 1.165) is 12.8 Å². The monoisotopic (exact) mass is 242 g/mol. The van der Waals surface area contributed by atoms with Crippen LogP contribution in [0.15, 0.2) is 12.7 Å². The van der Waals surface area contributed by atoms with E-state index in [1.165, 1.54) is 25.7 Å².